The summed E-state index contributed by atoms with van der Waals surface area (Å²) in [6.07, 6.45) is -1.43. The number of benzene rings is 2. The molecule has 2 aromatic carbocycles. The number of amides is 1. The standard InChI is InChI=1S/C32H39F3N5O6P/c1-5-31(6-2,47(43,44)45)19-9-13-24(26(15-19)46-4)38-30-36-16-23(32(33,34)35)28(39-30)37-25-14-12-21(18-7-10-20(41)11-8-18)22-17-40(3)29(42)27(22)25/h9,12-16,18,20,41H,5-8,10-11,17H2,1-4H3,(H2,43,44,45)(H2,36,37,38,39). The Morgan fingerprint density at radius 1 is 1.04 bits per heavy atom. The third-order valence-electron chi connectivity index (χ3n) is 9.50. The Hall–Kier alpha value is -3.71. The van der Waals surface area contributed by atoms with Crippen LogP contribution in [0.2, 0.25) is 0 Å². The molecule has 2 heterocycles. The molecule has 11 nitrogen and oxygen atoms in total. The average Bonchev–Trinajstić information content (AvgIpc) is 3.32. The summed E-state index contributed by atoms with van der Waals surface area (Å²) in [5.41, 5.74) is 1.65. The van der Waals surface area contributed by atoms with Gasteiger partial charge in [0.05, 0.1) is 35.3 Å². The van der Waals surface area contributed by atoms with Gasteiger partial charge in [-0.1, -0.05) is 26.0 Å². The largest absolute Gasteiger partial charge is 0.495 e. The fraction of sp³-hybridized carbons (Fsp3) is 0.469. The maximum Gasteiger partial charge on any atom is 0.421 e. The topological polar surface area (TPSA) is 157 Å². The van der Waals surface area contributed by atoms with Gasteiger partial charge in [0.25, 0.3) is 5.91 Å². The van der Waals surface area contributed by atoms with E-state index in [4.69, 9.17) is 4.74 Å². The van der Waals surface area contributed by atoms with E-state index in [-0.39, 0.29) is 59.4 Å². The van der Waals surface area contributed by atoms with E-state index in [0.717, 1.165) is 24.0 Å². The van der Waals surface area contributed by atoms with Gasteiger partial charge in [0, 0.05) is 19.8 Å². The molecule has 0 atom stereocenters. The van der Waals surface area contributed by atoms with Crippen molar-refractivity contribution in [1.29, 1.82) is 0 Å². The van der Waals surface area contributed by atoms with E-state index in [1.54, 1.807) is 27.0 Å². The van der Waals surface area contributed by atoms with Crippen LogP contribution >= 0.6 is 7.60 Å². The highest BCUT2D eigenvalue weighted by Gasteiger charge is 2.45. The number of methoxy groups -OCH3 is 1. The molecule has 0 radical (unpaired) electrons. The molecule has 15 heteroatoms. The molecule has 0 unspecified atom stereocenters. The summed E-state index contributed by atoms with van der Waals surface area (Å²) < 4.78 is 60.5. The molecule has 0 bridgehead atoms. The van der Waals surface area contributed by atoms with E-state index in [9.17, 15) is 37.4 Å². The first kappa shape index (κ1) is 34.6. The normalized spacial score (nSPS) is 18.7. The number of ether oxygens (including phenoxy) is 1. The van der Waals surface area contributed by atoms with Crippen LogP contribution in [-0.2, 0) is 22.4 Å². The van der Waals surface area contributed by atoms with E-state index >= 15 is 0 Å². The summed E-state index contributed by atoms with van der Waals surface area (Å²) in [6, 6.07) is 7.95. The maximum atomic E-state index is 14.2. The molecule has 1 aromatic heterocycles. The lowest BCUT2D eigenvalue weighted by Crippen LogP contribution is -2.24. The van der Waals surface area contributed by atoms with E-state index < -0.39 is 30.3 Å². The smallest absolute Gasteiger partial charge is 0.421 e. The molecule has 254 valence electrons. The van der Waals surface area contributed by atoms with Gasteiger partial charge in [-0.25, -0.2) is 4.98 Å². The van der Waals surface area contributed by atoms with Crippen LogP contribution in [0.25, 0.3) is 0 Å². The molecule has 1 saturated carbocycles. The highest BCUT2D eigenvalue weighted by atomic mass is 31.2. The second kappa shape index (κ2) is 13.1. The second-order valence-corrected chi connectivity index (χ2v) is 14.1. The number of halogens is 3. The number of hydrogen-bond donors (Lipinski definition) is 5. The number of aromatic nitrogens is 2. The van der Waals surface area contributed by atoms with Crippen LogP contribution in [0.5, 0.6) is 5.75 Å². The van der Waals surface area contributed by atoms with Crippen LogP contribution in [0.15, 0.2) is 36.5 Å². The van der Waals surface area contributed by atoms with Gasteiger partial charge in [-0.3, -0.25) is 9.36 Å². The van der Waals surface area contributed by atoms with Gasteiger partial charge in [0.1, 0.15) is 17.1 Å². The Labute approximate surface area is 270 Å². The molecular weight excluding hydrogens is 638 g/mol. The minimum absolute atomic E-state index is 0.129. The van der Waals surface area contributed by atoms with Crippen molar-refractivity contribution in [1.82, 2.24) is 14.9 Å². The summed E-state index contributed by atoms with van der Waals surface area (Å²) >= 11 is 0. The quantitative estimate of drug-likeness (QED) is 0.145. The third kappa shape index (κ3) is 6.56. The van der Waals surface area contributed by atoms with E-state index in [2.05, 4.69) is 20.6 Å². The summed E-state index contributed by atoms with van der Waals surface area (Å²) in [5, 5.41) is 14.2. The molecule has 1 fully saturated rings. The number of aliphatic hydroxyl groups excluding tert-OH is 1. The Morgan fingerprint density at radius 3 is 2.30 bits per heavy atom. The maximum absolute atomic E-state index is 14.2. The SMILES string of the molecule is CCC(CC)(c1ccc(Nc2ncc(C(F)(F)F)c(Nc3ccc(C4CCC(O)CC4)c4c3C(=O)N(C)C4)n2)c(OC)c1)P(=O)(O)O. The Morgan fingerprint density at radius 2 is 1.70 bits per heavy atom. The highest BCUT2D eigenvalue weighted by molar-refractivity contribution is 7.53. The Kier molecular flexibility index (Phi) is 9.62. The second-order valence-electron chi connectivity index (χ2n) is 12.1. The molecule has 1 aliphatic heterocycles. The first-order valence-electron chi connectivity index (χ1n) is 15.4. The number of fused-ring (bicyclic) bond motifs is 1. The monoisotopic (exact) mass is 677 g/mol. The van der Waals surface area contributed by atoms with Crippen LogP contribution in [0.4, 0.5) is 36.3 Å². The average molecular weight is 678 g/mol. The molecule has 0 saturated heterocycles. The van der Waals surface area contributed by atoms with Gasteiger partial charge >= 0.3 is 13.8 Å². The van der Waals surface area contributed by atoms with Crippen molar-refractivity contribution in [2.24, 2.45) is 0 Å². The number of rotatable bonds is 10. The van der Waals surface area contributed by atoms with Crippen molar-refractivity contribution in [3.63, 3.8) is 0 Å². The fourth-order valence-corrected chi connectivity index (χ4v) is 8.07. The zero-order valence-corrected chi connectivity index (χ0v) is 27.5. The molecule has 5 N–H and O–H groups in total. The summed E-state index contributed by atoms with van der Waals surface area (Å²) in [6.45, 7) is 3.68. The number of nitrogens with one attached hydrogen (secondary N) is 2. The van der Waals surface area contributed by atoms with Crippen molar-refractivity contribution in [2.75, 3.05) is 24.8 Å². The molecule has 2 aliphatic rings. The van der Waals surface area contributed by atoms with Crippen molar-refractivity contribution in [2.45, 2.75) is 82.3 Å². The van der Waals surface area contributed by atoms with Crippen molar-refractivity contribution >= 4 is 36.6 Å². The lowest BCUT2D eigenvalue weighted by atomic mass is 9.80. The Bertz CT molecular complexity index is 1700. The van der Waals surface area contributed by atoms with Gasteiger partial charge in [-0.2, -0.15) is 18.2 Å². The van der Waals surface area contributed by atoms with Crippen LogP contribution in [0.3, 0.4) is 0 Å². The summed E-state index contributed by atoms with van der Waals surface area (Å²) in [4.78, 5) is 43.2. The first-order valence-corrected chi connectivity index (χ1v) is 17.1. The number of carbonyl (C=O) groups is 1. The molecule has 3 aromatic rings. The molecule has 47 heavy (non-hydrogen) atoms. The van der Waals surface area contributed by atoms with Gasteiger partial charge < -0.3 is 35.2 Å². The van der Waals surface area contributed by atoms with E-state index in [0.29, 0.717) is 31.1 Å². The predicted octanol–water partition coefficient (Wildman–Crippen LogP) is 6.79. The molecule has 1 amide bonds. The van der Waals surface area contributed by atoms with Crippen molar-refractivity contribution in [3.05, 3.63) is 64.3 Å². The molecule has 5 rings (SSSR count). The number of aliphatic hydroxyl groups is 1. The van der Waals surface area contributed by atoms with Gasteiger partial charge in [0.15, 0.2) is 0 Å². The van der Waals surface area contributed by atoms with Gasteiger partial charge in [-0.05, 0) is 79.3 Å². The zero-order chi connectivity index (χ0) is 34.3. The molecular formula is C32H39F3N5O6P. The van der Waals surface area contributed by atoms with E-state index in [1.165, 1.54) is 30.2 Å². The number of alkyl halides is 3. The van der Waals surface area contributed by atoms with Crippen LogP contribution in [0.1, 0.15) is 90.9 Å². The number of hydrogen-bond acceptors (Lipinski definition) is 8. The van der Waals surface area contributed by atoms with Gasteiger partial charge in [-0.15, -0.1) is 0 Å². The molecule has 1 aliphatic carbocycles. The fourth-order valence-electron chi connectivity index (χ4n) is 6.77. The lowest BCUT2D eigenvalue weighted by molar-refractivity contribution is -0.137. The minimum atomic E-state index is -4.82. The summed E-state index contributed by atoms with van der Waals surface area (Å²) in [5.74, 6) is -0.796. The number of anilines is 4. The van der Waals surface area contributed by atoms with Crippen molar-refractivity contribution < 1.29 is 42.2 Å². The highest BCUT2D eigenvalue weighted by Crippen LogP contribution is 2.61. The number of nitrogens with zero attached hydrogens (tertiary/aromatic N) is 3. The van der Waals surface area contributed by atoms with E-state index in [1.807, 2.05) is 6.07 Å². The summed E-state index contributed by atoms with van der Waals surface area (Å²) in [7, 11) is -1.59. The first-order chi connectivity index (χ1) is 22.1. The lowest BCUT2D eigenvalue weighted by Gasteiger charge is -2.33. The van der Waals surface area contributed by atoms with Crippen LogP contribution in [0, 0.1) is 0 Å². The number of carbonyl (C=O) groups excluding carboxylic acids is 1. The Balaban J connectivity index is 1.52. The molecule has 0 spiro atoms. The van der Waals surface area contributed by atoms with Gasteiger partial charge in [0.2, 0.25) is 5.95 Å². The zero-order valence-electron chi connectivity index (χ0n) is 26.6. The van der Waals surface area contributed by atoms with Crippen LogP contribution in [-0.4, -0.2) is 55.9 Å². The third-order valence-corrected chi connectivity index (χ3v) is 11.5. The minimum Gasteiger partial charge on any atom is -0.495 e. The van der Waals surface area contributed by atoms with Crippen molar-refractivity contribution in [3.8, 4) is 5.75 Å². The predicted molar refractivity (Wildman–Crippen MR) is 170 cm³/mol. The van der Waals surface area contributed by atoms with Crippen LogP contribution < -0.4 is 15.4 Å².